The predicted octanol–water partition coefficient (Wildman–Crippen LogP) is -0.0107. The van der Waals surface area contributed by atoms with Crippen LogP contribution in [-0.2, 0) is 0 Å². The van der Waals surface area contributed by atoms with E-state index in [1.54, 1.807) is 6.07 Å². The van der Waals surface area contributed by atoms with Gasteiger partial charge in [-0.15, -0.1) is 0 Å². The summed E-state index contributed by atoms with van der Waals surface area (Å²) in [5.74, 6) is -0.249. The highest BCUT2D eigenvalue weighted by Crippen LogP contribution is 2.04. The molecule has 0 spiro atoms. The van der Waals surface area contributed by atoms with Crippen molar-refractivity contribution in [3.8, 4) is 5.88 Å². The molecule has 0 saturated carbocycles. The molecule has 0 fully saturated rings. The average Bonchev–Trinajstić information content (AvgIpc) is 2.05. The SMILES string of the molecule is COc1cc[c]c(C(N)=O)n1. The van der Waals surface area contributed by atoms with Gasteiger partial charge in [-0.05, 0) is 6.07 Å². The average molecular weight is 151 g/mol. The number of carbonyl (C=O) groups is 1. The standard InChI is InChI=1S/C7H7N2O2/c1-11-6-4-2-3-5(9-6)7(8)10/h2,4H,1H3,(H2,8,10). The van der Waals surface area contributed by atoms with Crippen LogP contribution in [0.5, 0.6) is 5.88 Å². The maximum atomic E-state index is 10.5. The van der Waals surface area contributed by atoms with Gasteiger partial charge in [-0.25, -0.2) is 4.98 Å². The minimum atomic E-state index is -0.607. The second kappa shape index (κ2) is 3.01. The van der Waals surface area contributed by atoms with Gasteiger partial charge in [0.2, 0.25) is 5.88 Å². The number of hydrogen-bond acceptors (Lipinski definition) is 3. The predicted molar refractivity (Wildman–Crippen MR) is 38.1 cm³/mol. The number of aromatic nitrogens is 1. The van der Waals surface area contributed by atoms with Gasteiger partial charge in [-0.2, -0.15) is 0 Å². The monoisotopic (exact) mass is 151 g/mol. The van der Waals surface area contributed by atoms with Crippen molar-refractivity contribution in [3.63, 3.8) is 0 Å². The van der Waals surface area contributed by atoms with Crippen LogP contribution >= 0.6 is 0 Å². The fourth-order valence-corrected chi connectivity index (χ4v) is 0.612. The van der Waals surface area contributed by atoms with Gasteiger partial charge < -0.3 is 10.5 Å². The summed E-state index contributed by atoms with van der Waals surface area (Å²) < 4.78 is 4.77. The van der Waals surface area contributed by atoms with Crippen LogP contribution in [0.25, 0.3) is 0 Å². The summed E-state index contributed by atoms with van der Waals surface area (Å²) in [7, 11) is 1.47. The molecule has 0 atom stereocenters. The number of ether oxygens (including phenoxy) is 1. The molecule has 4 heteroatoms. The van der Waals surface area contributed by atoms with Crippen molar-refractivity contribution in [1.82, 2.24) is 4.98 Å². The molecule has 1 rings (SSSR count). The van der Waals surface area contributed by atoms with Gasteiger partial charge in [0.15, 0.2) is 0 Å². The Morgan fingerprint density at radius 3 is 3.09 bits per heavy atom. The van der Waals surface area contributed by atoms with Gasteiger partial charge in [0, 0.05) is 12.1 Å². The van der Waals surface area contributed by atoms with E-state index in [0.29, 0.717) is 5.88 Å². The first-order chi connectivity index (χ1) is 5.24. The van der Waals surface area contributed by atoms with E-state index in [1.165, 1.54) is 13.2 Å². The Hall–Kier alpha value is -1.58. The molecule has 4 nitrogen and oxygen atoms in total. The van der Waals surface area contributed by atoms with Gasteiger partial charge in [-0.1, -0.05) is 0 Å². The summed E-state index contributed by atoms with van der Waals surface area (Å²) in [5.41, 5.74) is 5.04. The highest BCUT2D eigenvalue weighted by Gasteiger charge is 2.02. The first-order valence-electron chi connectivity index (χ1n) is 2.96. The zero-order chi connectivity index (χ0) is 8.27. The number of nitrogens with zero attached hydrogens (tertiary/aromatic N) is 1. The molecule has 57 valence electrons. The highest BCUT2D eigenvalue weighted by atomic mass is 16.5. The lowest BCUT2D eigenvalue weighted by atomic mass is 10.3. The van der Waals surface area contributed by atoms with Gasteiger partial charge in [0.1, 0.15) is 5.69 Å². The summed E-state index contributed by atoms with van der Waals surface area (Å²) in [6, 6.07) is 5.70. The van der Waals surface area contributed by atoms with Crippen LogP contribution in [0.2, 0.25) is 0 Å². The second-order valence-electron chi connectivity index (χ2n) is 1.84. The lowest BCUT2D eigenvalue weighted by Crippen LogP contribution is -2.13. The van der Waals surface area contributed by atoms with Crippen molar-refractivity contribution < 1.29 is 9.53 Å². The van der Waals surface area contributed by atoms with Crippen LogP contribution in [0, 0.1) is 6.07 Å². The van der Waals surface area contributed by atoms with Gasteiger partial charge in [-0.3, -0.25) is 4.79 Å². The molecular weight excluding hydrogens is 144 g/mol. The molecule has 0 aliphatic carbocycles. The number of primary amides is 1. The Bertz CT molecular complexity index is 273. The van der Waals surface area contributed by atoms with Crippen molar-refractivity contribution in [2.24, 2.45) is 5.73 Å². The molecule has 1 aromatic rings. The van der Waals surface area contributed by atoms with Crippen LogP contribution < -0.4 is 10.5 Å². The maximum Gasteiger partial charge on any atom is 0.268 e. The zero-order valence-electron chi connectivity index (χ0n) is 6.00. The Balaban J connectivity index is 3.01. The maximum absolute atomic E-state index is 10.5. The zero-order valence-corrected chi connectivity index (χ0v) is 6.00. The van der Waals surface area contributed by atoms with E-state index in [0.717, 1.165) is 0 Å². The number of hydrogen-bond donors (Lipinski definition) is 1. The third-order valence-corrected chi connectivity index (χ3v) is 1.11. The Morgan fingerprint density at radius 1 is 1.82 bits per heavy atom. The van der Waals surface area contributed by atoms with Crippen LogP contribution in [0.1, 0.15) is 10.5 Å². The first kappa shape index (κ1) is 7.53. The molecule has 1 aromatic heterocycles. The molecular formula is C7H7N2O2. The van der Waals surface area contributed by atoms with E-state index in [2.05, 4.69) is 11.1 Å². The van der Waals surface area contributed by atoms with Crippen molar-refractivity contribution >= 4 is 5.91 Å². The number of nitrogens with two attached hydrogens (primary N) is 1. The van der Waals surface area contributed by atoms with E-state index in [1.807, 2.05) is 0 Å². The quantitative estimate of drug-likeness (QED) is 0.646. The molecule has 1 amide bonds. The number of amides is 1. The lowest BCUT2D eigenvalue weighted by Gasteiger charge is -1.97. The highest BCUT2D eigenvalue weighted by molar-refractivity contribution is 5.90. The van der Waals surface area contributed by atoms with Crippen molar-refractivity contribution in [1.29, 1.82) is 0 Å². The second-order valence-corrected chi connectivity index (χ2v) is 1.84. The molecule has 0 saturated heterocycles. The summed E-state index contributed by atoms with van der Waals surface area (Å²) in [4.78, 5) is 14.3. The normalized spacial score (nSPS) is 9.18. The third kappa shape index (κ3) is 1.67. The summed E-state index contributed by atoms with van der Waals surface area (Å²) in [6.07, 6.45) is 0. The summed E-state index contributed by atoms with van der Waals surface area (Å²) in [6.45, 7) is 0. The van der Waals surface area contributed by atoms with E-state index >= 15 is 0 Å². The summed E-state index contributed by atoms with van der Waals surface area (Å²) >= 11 is 0. The fraction of sp³-hybridized carbons (Fsp3) is 0.143. The fourth-order valence-electron chi connectivity index (χ4n) is 0.612. The molecule has 0 aliphatic rings. The minimum absolute atomic E-state index is 0.0874. The molecule has 0 aliphatic heterocycles. The Kier molecular flexibility index (Phi) is 2.06. The molecule has 0 bridgehead atoms. The van der Waals surface area contributed by atoms with Gasteiger partial charge in [0.05, 0.1) is 7.11 Å². The Labute approximate surface area is 64.0 Å². The number of methoxy groups -OCH3 is 1. The third-order valence-electron chi connectivity index (χ3n) is 1.11. The van der Waals surface area contributed by atoms with Crippen LogP contribution in [0.15, 0.2) is 12.1 Å². The van der Waals surface area contributed by atoms with Crippen LogP contribution in [-0.4, -0.2) is 18.0 Å². The molecule has 1 heterocycles. The number of carbonyl (C=O) groups excluding carboxylic acids is 1. The largest absolute Gasteiger partial charge is 0.481 e. The molecule has 11 heavy (non-hydrogen) atoms. The van der Waals surface area contributed by atoms with E-state index in [9.17, 15) is 4.79 Å². The van der Waals surface area contributed by atoms with E-state index in [4.69, 9.17) is 10.5 Å². The number of pyridine rings is 1. The minimum Gasteiger partial charge on any atom is -0.481 e. The molecule has 1 radical (unpaired) electrons. The molecule has 2 N–H and O–H groups in total. The van der Waals surface area contributed by atoms with Crippen LogP contribution in [0.4, 0.5) is 0 Å². The van der Waals surface area contributed by atoms with Gasteiger partial charge in [0.25, 0.3) is 5.91 Å². The van der Waals surface area contributed by atoms with E-state index in [-0.39, 0.29) is 5.69 Å². The topological polar surface area (TPSA) is 65.2 Å². The lowest BCUT2D eigenvalue weighted by molar-refractivity contribution is 0.0994. The van der Waals surface area contributed by atoms with Crippen molar-refractivity contribution in [2.75, 3.05) is 7.11 Å². The summed E-state index contributed by atoms with van der Waals surface area (Å²) in [5, 5.41) is 0. The first-order valence-corrected chi connectivity index (χ1v) is 2.96. The Morgan fingerprint density at radius 2 is 2.55 bits per heavy atom. The van der Waals surface area contributed by atoms with Crippen molar-refractivity contribution in [3.05, 3.63) is 23.9 Å². The van der Waals surface area contributed by atoms with E-state index < -0.39 is 5.91 Å². The molecule has 0 aromatic carbocycles. The smallest absolute Gasteiger partial charge is 0.268 e. The van der Waals surface area contributed by atoms with Crippen LogP contribution in [0.3, 0.4) is 0 Å². The molecule has 0 unspecified atom stereocenters. The van der Waals surface area contributed by atoms with Gasteiger partial charge >= 0.3 is 0 Å². The number of rotatable bonds is 2. The van der Waals surface area contributed by atoms with Crippen molar-refractivity contribution in [2.45, 2.75) is 0 Å².